The summed E-state index contributed by atoms with van der Waals surface area (Å²) in [7, 11) is 0. The van der Waals surface area contributed by atoms with E-state index < -0.39 is 0 Å². The normalized spacial score (nSPS) is 11.7. The van der Waals surface area contributed by atoms with Crippen LogP contribution in [0.5, 0.6) is 0 Å². The van der Waals surface area contributed by atoms with Crippen LogP contribution < -0.4 is 5.32 Å². The molecule has 0 aliphatic heterocycles. The first kappa shape index (κ1) is 18.6. The number of carbonyl (C=O) groups is 2. The zero-order valence-electron chi connectivity index (χ0n) is 15.8. The summed E-state index contributed by atoms with van der Waals surface area (Å²) in [5, 5.41) is 3.71. The van der Waals surface area contributed by atoms with Gasteiger partial charge in [-0.25, -0.2) is 4.98 Å². The molecule has 1 amide bonds. The molecule has 142 valence electrons. The van der Waals surface area contributed by atoms with E-state index in [1.807, 2.05) is 91.0 Å². The summed E-state index contributed by atoms with van der Waals surface area (Å²) in [6, 6.07) is 28.6. The summed E-state index contributed by atoms with van der Waals surface area (Å²) >= 11 is 0. The molecule has 0 radical (unpaired) electrons. The lowest BCUT2D eigenvalue weighted by molar-refractivity contribution is -0.108. The van der Waals surface area contributed by atoms with Crippen LogP contribution in [0.2, 0.25) is 0 Å². The first-order valence-corrected chi connectivity index (χ1v) is 9.50. The van der Waals surface area contributed by atoms with E-state index in [0.29, 0.717) is 5.56 Å². The third-order valence-electron chi connectivity index (χ3n) is 4.90. The lowest BCUT2D eigenvalue weighted by atomic mass is 10.00. The molecule has 0 saturated heterocycles. The van der Waals surface area contributed by atoms with E-state index in [-0.39, 0.29) is 18.4 Å². The Morgan fingerprint density at radius 3 is 2.28 bits per heavy atom. The van der Waals surface area contributed by atoms with E-state index in [4.69, 9.17) is 4.98 Å². The Labute approximate surface area is 169 Å². The Hall–Kier alpha value is -3.79. The number of nitrogens with zero attached hydrogens (tertiary/aromatic N) is 1. The molecule has 4 rings (SSSR count). The minimum atomic E-state index is -0.387. The van der Waals surface area contributed by atoms with Crippen LogP contribution in [-0.2, 0) is 4.79 Å². The van der Waals surface area contributed by atoms with E-state index in [1.54, 1.807) is 0 Å². The highest BCUT2D eigenvalue weighted by Gasteiger charge is 2.16. The minimum absolute atomic E-state index is 0.219. The maximum atomic E-state index is 13.0. The van der Waals surface area contributed by atoms with Gasteiger partial charge in [0.25, 0.3) is 5.91 Å². The molecule has 0 saturated carbocycles. The van der Waals surface area contributed by atoms with Gasteiger partial charge in [-0.05, 0) is 17.7 Å². The molecule has 0 spiro atoms. The molecule has 4 nitrogen and oxygen atoms in total. The number of nitrogens with one attached hydrogen (secondary N) is 1. The van der Waals surface area contributed by atoms with Gasteiger partial charge in [-0.15, -0.1) is 0 Å². The molecular weight excluding hydrogens is 360 g/mol. The number of amides is 1. The molecule has 1 heterocycles. The highest BCUT2D eigenvalue weighted by molar-refractivity contribution is 6.07. The van der Waals surface area contributed by atoms with Crippen LogP contribution in [-0.4, -0.2) is 23.7 Å². The van der Waals surface area contributed by atoms with Crippen molar-refractivity contribution in [1.82, 2.24) is 10.3 Å². The van der Waals surface area contributed by atoms with Crippen LogP contribution in [0, 0.1) is 0 Å². The largest absolute Gasteiger partial charge is 0.351 e. The van der Waals surface area contributed by atoms with Gasteiger partial charge in [0.05, 0.1) is 22.7 Å². The van der Waals surface area contributed by atoms with Crippen molar-refractivity contribution in [2.45, 2.75) is 5.92 Å². The van der Waals surface area contributed by atoms with Gasteiger partial charge in [-0.3, -0.25) is 4.79 Å². The van der Waals surface area contributed by atoms with Crippen molar-refractivity contribution >= 4 is 23.1 Å². The number of para-hydroxylation sites is 1. The molecule has 1 atom stereocenters. The number of pyridine rings is 1. The molecule has 1 aromatic heterocycles. The zero-order chi connectivity index (χ0) is 20.1. The fraction of sp³-hybridized carbons (Fsp3) is 0.0800. The molecule has 3 aromatic carbocycles. The summed E-state index contributed by atoms with van der Waals surface area (Å²) in [5.41, 5.74) is 3.88. The molecule has 29 heavy (non-hydrogen) atoms. The van der Waals surface area contributed by atoms with Crippen molar-refractivity contribution in [1.29, 1.82) is 0 Å². The molecular formula is C25H20N2O2. The van der Waals surface area contributed by atoms with Gasteiger partial charge in [-0.1, -0.05) is 78.9 Å². The SMILES string of the molecule is O=CC(CNC(=O)c1cc(-c2ccccc2)nc2ccccc12)c1ccccc1. The number of aromatic nitrogens is 1. The summed E-state index contributed by atoms with van der Waals surface area (Å²) in [6.45, 7) is 0.240. The molecule has 0 aliphatic carbocycles. The predicted octanol–water partition coefficient (Wildman–Crippen LogP) is 4.61. The fourth-order valence-electron chi connectivity index (χ4n) is 3.36. The number of rotatable bonds is 6. The average molecular weight is 380 g/mol. The van der Waals surface area contributed by atoms with Gasteiger partial charge in [0, 0.05) is 17.5 Å². The summed E-state index contributed by atoms with van der Waals surface area (Å²) in [4.78, 5) is 29.3. The molecule has 0 bridgehead atoms. The Bertz CT molecular complexity index is 1140. The third-order valence-corrected chi connectivity index (χ3v) is 4.90. The molecule has 4 aromatic rings. The summed E-state index contributed by atoms with van der Waals surface area (Å²) < 4.78 is 0. The van der Waals surface area contributed by atoms with Crippen LogP contribution in [0.25, 0.3) is 22.2 Å². The standard InChI is InChI=1S/C25H20N2O2/c28-17-20(18-9-3-1-4-10-18)16-26-25(29)22-15-24(19-11-5-2-6-12-19)27-23-14-8-7-13-21(22)23/h1-15,17,20H,16H2,(H,26,29). The van der Waals surface area contributed by atoms with Crippen LogP contribution in [0.1, 0.15) is 21.8 Å². The van der Waals surface area contributed by atoms with Gasteiger partial charge < -0.3 is 10.1 Å². The van der Waals surface area contributed by atoms with Crippen molar-refractivity contribution in [3.63, 3.8) is 0 Å². The van der Waals surface area contributed by atoms with E-state index in [2.05, 4.69) is 5.32 Å². The number of carbonyl (C=O) groups excluding carboxylic acids is 2. The molecule has 4 heteroatoms. The van der Waals surface area contributed by atoms with Crippen LogP contribution in [0.4, 0.5) is 0 Å². The predicted molar refractivity (Wildman–Crippen MR) is 115 cm³/mol. The topological polar surface area (TPSA) is 59.1 Å². The lowest BCUT2D eigenvalue weighted by Crippen LogP contribution is -2.29. The van der Waals surface area contributed by atoms with Crippen molar-refractivity contribution in [2.75, 3.05) is 6.54 Å². The number of fused-ring (bicyclic) bond motifs is 1. The Morgan fingerprint density at radius 2 is 1.55 bits per heavy atom. The molecule has 0 aliphatic rings. The van der Waals surface area contributed by atoms with E-state index in [1.165, 1.54) is 0 Å². The van der Waals surface area contributed by atoms with Crippen molar-refractivity contribution in [2.24, 2.45) is 0 Å². The van der Waals surface area contributed by atoms with Crippen molar-refractivity contribution < 1.29 is 9.59 Å². The van der Waals surface area contributed by atoms with E-state index in [0.717, 1.165) is 34.0 Å². The highest BCUT2D eigenvalue weighted by atomic mass is 16.1. The first-order valence-electron chi connectivity index (χ1n) is 9.50. The monoisotopic (exact) mass is 380 g/mol. The number of aldehydes is 1. The molecule has 1 unspecified atom stereocenters. The lowest BCUT2D eigenvalue weighted by Gasteiger charge is -2.14. The van der Waals surface area contributed by atoms with Gasteiger partial charge >= 0.3 is 0 Å². The van der Waals surface area contributed by atoms with Gasteiger partial charge in [0.15, 0.2) is 0 Å². The zero-order valence-corrected chi connectivity index (χ0v) is 15.8. The van der Waals surface area contributed by atoms with Crippen LogP contribution >= 0.6 is 0 Å². The number of benzene rings is 3. The first-order chi connectivity index (χ1) is 14.3. The summed E-state index contributed by atoms with van der Waals surface area (Å²) in [5.74, 6) is -0.606. The third kappa shape index (κ3) is 4.06. The highest BCUT2D eigenvalue weighted by Crippen LogP contribution is 2.25. The van der Waals surface area contributed by atoms with E-state index >= 15 is 0 Å². The second-order valence-corrected chi connectivity index (χ2v) is 6.80. The Morgan fingerprint density at radius 1 is 0.897 bits per heavy atom. The second-order valence-electron chi connectivity index (χ2n) is 6.80. The maximum Gasteiger partial charge on any atom is 0.252 e. The number of hydrogen-bond acceptors (Lipinski definition) is 3. The van der Waals surface area contributed by atoms with Gasteiger partial charge in [-0.2, -0.15) is 0 Å². The fourth-order valence-corrected chi connectivity index (χ4v) is 3.36. The minimum Gasteiger partial charge on any atom is -0.351 e. The Kier molecular flexibility index (Phi) is 5.43. The van der Waals surface area contributed by atoms with Gasteiger partial charge in [0.2, 0.25) is 0 Å². The Balaban J connectivity index is 1.65. The van der Waals surface area contributed by atoms with Crippen molar-refractivity contribution in [3.8, 4) is 11.3 Å². The molecule has 0 fully saturated rings. The average Bonchev–Trinajstić information content (AvgIpc) is 2.80. The van der Waals surface area contributed by atoms with Crippen molar-refractivity contribution in [3.05, 3.63) is 102 Å². The van der Waals surface area contributed by atoms with Crippen LogP contribution in [0.15, 0.2) is 91.0 Å². The number of hydrogen-bond donors (Lipinski definition) is 1. The maximum absolute atomic E-state index is 13.0. The summed E-state index contributed by atoms with van der Waals surface area (Å²) in [6.07, 6.45) is 0.871. The quantitative estimate of drug-likeness (QED) is 0.497. The van der Waals surface area contributed by atoms with Gasteiger partial charge in [0.1, 0.15) is 6.29 Å². The second kappa shape index (κ2) is 8.48. The molecule has 1 N–H and O–H groups in total. The smallest absolute Gasteiger partial charge is 0.252 e. The van der Waals surface area contributed by atoms with E-state index in [9.17, 15) is 9.59 Å². The van der Waals surface area contributed by atoms with Crippen LogP contribution in [0.3, 0.4) is 0 Å².